The molecule has 0 bridgehead atoms. The van der Waals surface area contributed by atoms with E-state index in [1.165, 1.54) is 71.2 Å². The quantitative estimate of drug-likeness (QED) is 0.768. The van der Waals surface area contributed by atoms with E-state index in [2.05, 4.69) is 17.1 Å². The second-order valence-electron chi connectivity index (χ2n) is 5.44. The monoisotopic (exact) mass is 210 g/mol. The second-order valence-corrected chi connectivity index (χ2v) is 5.44. The summed E-state index contributed by atoms with van der Waals surface area (Å²) in [5.74, 6) is 0. The highest BCUT2D eigenvalue weighted by Crippen LogP contribution is 2.41. The lowest BCUT2D eigenvalue weighted by Crippen LogP contribution is -2.38. The predicted molar refractivity (Wildman–Crippen MR) is 65.1 cm³/mol. The maximum atomic E-state index is 3.49. The van der Waals surface area contributed by atoms with Gasteiger partial charge in [0.05, 0.1) is 0 Å². The van der Waals surface area contributed by atoms with Crippen LogP contribution in [0, 0.1) is 5.41 Å². The van der Waals surface area contributed by atoms with Crippen LogP contribution in [-0.2, 0) is 0 Å². The van der Waals surface area contributed by atoms with E-state index < -0.39 is 0 Å². The second kappa shape index (κ2) is 5.31. The van der Waals surface area contributed by atoms with Crippen molar-refractivity contribution >= 4 is 0 Å². The molecular weight excluding hydrogens is 184 g/mol. The van der Waals surface area contributed by atoms with E-state index in [1.54, 1.807) is 0 Å². The molecule has 2 nitrogen and oxygen atoms in total. The normalized spacial score (nSPS) is 27.8. The van der Waals surface area contributed by atoms with Crippen LogP contribution in [0.5, 0.6) is 0 Å². The van der Waals surface area contributed by atoms with Gasteiger partial charge in [-0.25, -0.2) is 0 Å². The van der Waals surface area contributed by atoms with Crippen LogP contribution in [0.25, 0.3) is 0 Å². The third kappa shape index (κ3) is 2.94. The maximum absolute atomic E-state index is 3.49. The first kappa shape index (κ1) is 11.4. The van der Waals surface area contributed by atoms with Crippen LogP contribution in [0.4, 0.5) is 0 Å². The van der Waals surface area contributed by atoms with Gasteiger partial charge in [0.15, 0.2) is 0 Å². The van der Waals surface area contributed by atoms with Crippen LogP contribution in [0.3, 0.4) is 0 Å². The molecule has 88 valence electrons. The number of hydrogen-bond acceptors (Lipinski definition) is 2. The molecule has 1 aliphatic carbocycles. The van der Waals surface area contributed by atoms with Gasteiger partial charge in [0, 0.05) is 19.6 Å². The average Bonchev–Trinajstić information content (AvgIpc) is 2.57. The lowest BCUT2D eigenvalue weighted by molar-refractivity contribution is 0.153. The van der Waals surface area contributed by atoms with Crippen molar-refractivity contribution in [1.82, 2.24) is 10.2 Å². The van der Waals surface area contributed by atoms with Gasteiger partial charge in [-0.15, -0.1) is 0 Å². The highest BCUT2D eigenvalue weighted by Gasteiger charge is 2.33. The highest BCUT2D eigenvalue weighted by atomic mass is 15.2. The summed E-state index contributed by atoms with van der Waals surface area (Å²) < 4.78 is 0. The van der Waals surface area contributed by atoms with Crippen LogP contribution in [0.1, 0.15) is 45.4 Å². The van der Waals surface area contributed by atoms with Crippen molar-refractivity contribution in [2.75, 3.05) is 32.7 Å². The van der Waals surface area contributed by atoms with Gasteiger partial charge in [0.2, 0.25) is 0 Å². The van der Waals surface area contributed by atoms with E-state index in [4.69, 9.17) is 0 Å². The largest absolute Gasteiger partial charge is 0.315 e. The van der Waals surface area contributed by atoms with Crippen LogP contribution in [-0.4, -0.2) is 37.6 Å². The van der Waals surface area contributed by atoms with E-state index in [0.717, 1.165) is 0 Å². The molecule has 0 radical (unpaired) electrons. The molecule has 1 aliphatic heterocycles. The lowest BCUT2D eigenvalue weighted by atomic mass is 9.83. The van der Waals surface area contributed by atoms with Crippen molar-refractivity contribution in [2.24, 2.45) is 5.41 Å². The van der Waals surface area contributed by atoms with E-state index in [1.807, 2.05) is 0 Å². The van der Waals surface area contributed by atoms with Gasteiger partial charge in [0.25, 0.3) is 0 Å². The molecule has 1 saturated heterocycles. The zero-order valence-electron chi connectivity index (χ0n) is 10.2. The number of hydrogen-bond donors (Lipinski definition) is 1. The molecule has 0 aromatic carbocycles. The molecule has 0 amide bonds. The fourth-order valence-corrected chi connectivity index (χ4v) is 3.28. The van der Waals surface area contributed by atoms with Gasteiger partial charge in [-0.3, -0.25) is 0 Å². The molecule has 2 fully saturated rings. The van der Waals surface area contributed by atoms with Crippen LogP contribution in [0.15, 0.2) is 0 Å². The molecule has 2 aliphatic rings. The summed E-state index contributed by atoms with van der Waals surface area (Å²) in [6.45, 7) is 8.75. The SMILES string of the molecule is CCC1(CN2CCCNCC2)CCCC1. The van der Waals surface area contributed by atoms with E-state index in [0.29, 0.717) is 5.41 Å². The Hall–Kier alpha value is -0.0800. The number of rotatable bonds is 3. The molecule has 0 spiro atoms. The third-order valence-electron chi connectivity index (χ3n) is 4.41. The Morgan fingerprint density at radius 2 is 1.87 bits per heavy atom. The first-order valence-corrected chi connectivity index (χ1v) is 6.78. The van der Waals surface area contributed by atoms with Crippen molar-refractivity contribution < 1.29 is 0 Å². The van der Waals surface area contributed by atoms with Crippen LogP contribution < -0.4 is 5.32 Å². The Morgan fingerprint density at radius 1 is 1.07 bits per heavy atom. The molecule has 1 heterocycles. The van der Waals surface area contributed by atoms with Crippen molar-refractivity contribution in [1.29, 1.82) is 0 Å². The standard InChI is InChI=1S/C13H26N2/c1-2-13(6-3-4-7-13)12-15-10-5-8-14-9-11-15/h14H,2-12H2,1H3. The van der Waals surface area contributed by atoms with Gasteiger partial charge in [-0.05, 0) is 44.2 Å². The smallest absolute Gasteiger partial charge is 0.0107 e. The minimum atomic E-state index is 0.685. The summed E-state index contributed by atoms with van der Waals surface area (Å²) in [5, 5.41) is 3.49. The molecule has 2 rings (SSSR count). The highest BCUT2D eigenvalue weighted by molar-refractivity contribution is 4.87. The minimum Gasteiger partial charge on any atom is -0.315 e. The summed E-state index contributed by atoms with van der Waals surface area (Å²) in [6, 6.07) is 0. The molecule has 2 heteroatoms. The molecule has 0 aromatic rings. The van der Waals surface area contributed by atoms with Crippen LogP contribution in [0.2, 0.25) is 0 Å². The Kier molecular flexibility index (Phi) is 4.04. The number of nitrogens with one attached hydrogen (secondary N) is 1. The fraction of sp³-hybridized carbons (Fsp3) is 1.00. The number of nitrogens with zero attached hydrogens (tertiary/aromatic N) is 1. The lowest BCUT2D eigenvalue weighted by Gasteiger charge is -2.34. The third-order valence-corrected chi connectivity index (χ3v) is 4.41. The Bertz CT molecular complexity index is 177. The van der Waals surface area contributed by atoms with Gasteiger partial charge in [-0.1, -0.05) is 19.8 Å². The molecule has 0 aromatic heterocycles. The first-order chi connectivity index (χ1) is 7.35. The summed E-state index contributed by atoms with van der Waals surface area (Å²) in [7, 11) is 0. The summed E-state index contributed by atoms with van der Waals surface area (Å²) in [5.41, 5.74) is 0.685. The Balaban J connectivity index is 1.87. The fourth-order valence-electron chi connectivity index (χ4n) is 3.28. The predicted octanol–water partition coefficient (Wildman–Crippen LogP) is 2.25. The van der Waals surface area contributed by atoms with Crippen molar-refractivity contribution in [3.05, 3.63) is 0 Å². The molecule has 0 atom stereocenters. The Morgan fingerprint density at radius 3 is 2.60 bits per heavy atom. The van der Waals surface area contributed by atoms with Crippen molar-refractivity contribution in [2.45, 2.75) is 45.4 Å². The zero-order chi connectivity index (χ0) is 10.6. The van der Waals surface area contributed by atoms with Gasteiger partial charge in [0.1, 0.15) is 0 Å². The summed E-state index contributed by atoms with van der Waals surface area (Å²) in [4.78, 5) is 2.70. The van der Waals surface area contributed by atoms with Crippen LogP contribution >= 0.6 is 0 Å². The Labute approximate surface area is 94.4 Å². The zero-order valence-corrected chi connectivity index (χ0v) is 10.2. The van der Waals surface area contributed by atoms with Gasteiger partial charge >= 0.3 is 0 Å². The van der Waals surface area contributed by atoms with Crippen molar-refractivity contribution in [3.63, 3.8) is 0 Å². The van der Waals surface area contributed by atoms with E-state index in [-0.39, 0.29) is 0 Å². The molecule has 1 saturated carbocycles. The van der Waals surface area contributed by atoms with E-state index >= 15 is 0 Å². The first-order valence-electron chi connectivity index (χ1n) is 6.78. The van der Waals surface area contributed by atoms with Gasteiger partial charge < -0.3 is 10.2 Å². The molecular formula is C13H26N2. The van der Waals surface area contributed by atoms with E-state index in [9.17, 15) is 0 Å². The molecule has 1 N–H and O–H groups in total. The van der Waals surface area contributed by atoms with Gasteiger partial charge in [-0.2, -0.15) is 0 Å². The topological polar surface area (TPSA) is 15.3 Å². The van der Waals surface area contributed by atoms with Crippen molar-refractivity contribution in [3.8, 4) is 0 Å². The average molecular weight is 210 g/mol. The summed E-state index contributed by atoms with van der Waals surface area (Å²) >= 11 is 0. The maximum Gasteiger partial charge on any atom is 0.0107 e. The molecule has 15 heavy (non-hydrogen) atoms. The summed E-state index contributed by atoms with van der Waals surface area (Å²) in [6.07, 6.45) is 8.62. The minimum absolute atomic E-state index is 0.685. The molecule has 0 unspecified atom stereocenters.